The number of nitro groups is 1. The highest BCUT2D eigenvalue weighted by Crippen LogP contribution is 2.39. The Labute approximate surface area is 231 Å². The van der Waals surface area contributed by atoms with Crippen molar-refractivity contribution in [3.63, 3.8) is 0 Å². The van der Waals surface area contributed by atoms with Gasteiger partial charge >= 0.3 is 12.4 Å². The molecule has 2 fully saturated rings. The van der Waals surface area contributed by atoms with Crippen molar-refractivity contribution in [1.82, 2.24) is 9.88 Å². The summed E-state index contributed by atoms with van der Waals surface area (Å²) in [6.07, 6.45) is -6.64. The fourth-order valence-corrected chi connectivity index (χ4v) is 4.94. The lowest BCUT2D eigenvalue weighted by Crippen LogP contribution is -2.49. The van der Waals surface area contributed by atoms with Crippen LogP contribution in [0.25, 0.3) is 0 Å². The summed E-state index contributed by atoms with van der Waals surface area (Å²) >= 11 is 5.51. The first-order chi connectivity index (χ1) is 18.8. The van der Waals surface area contributed by atoms with E-state index in [1.165, 1.54) is 12.1 Å². The molecular weight excluding hydrogens is 566 g/mol. The first-order valence-electron chi connectivity index (χ1n) is 12.5. The van der Waals surface area contributed by atoms with E-state index in [-0.39, 0.29) is 24.6 Å². The number of ether oxygens (including phenoxy) is 2. The molecule has 2 aliphatic rings. The number of nitrogens with zero attached hydrogens (tertiary/aromatic N) is 4. The van der Waals surface area contributed by atoms with Crippen molar-refractivity contribution in [2.45, 2.75) is 50.2 Å². The van der Waals surface area contributed by atoms with Gasteiger partial charge in [0.1, 0.15) is 22.1 Å². The fourth-order valence-electron chi connectivity index (χ4n) is 4.69. The molecule has 0 amide bonds. The third-order valence-electron chi connectivity index (χ3n) is 6.87. The maximum absolute atomic E-state index is 13.2. The summed E-state index contributed by atoms with van der Waals surface area (Å²) < 4.78 is 89.6. The third kappa shape index (κ3) is 7.50. The Morgan fingerprint density at radius 3 is 2.17 bits per heavy atom. The third-order valence-corrected chi connectivity index (χ3v) is 7.24. The van der Waals surface area contributed by atoms with Gasteiger partial charge in [0.25, 0.3) is 5.69 Å². The maximum atomic E-state index is 13.2. The minimum absolute atomic E-state index is 0.0749. The van der Waals surface area contributed by atoms with Gasteiger partial charge in [0.2, 0.25) is 0 Å². The van der Waals surface area contributed by atoms with Crippen LogP contribution in [-0.2, 0) is 17.1 Å². The lowest BCUT2D eigenvalue weighted by atomic mass is 9.95. The maximum Gasteiger partial charge on any atom is 0.423 e. The quantitative estimate of drug-likeness (QED) is 0.171. The molecule has 0 N–H and O–H groups in total. The minimum atomic E-state index is -4.88. The predicted molar refractivity (Wildman–Crippen MR) is 136 cm³/mol. The van der Waals surface area contributed by atoms with Crippen LogP contribution >= 0.6 is 12.2 Å². The van der Waals surface area contributed by atoms with Crippen LogP contribution in [0.15, 0.2) is 36.5 Å². The molecule has 1 saturated heterocycles. The Bertz CT molecular complexity index is 1200. The number of hydrogen-bond acceptors (Lipinski definition) is 7. The number of pyridine rings is 1. The number of aromatic nitrogens is 1. The van der Waals surface area contributed by atoms with E-state index in [0.29, 0.717) is 68.7 Å². The number of halogens is 6. The zero-order valence-corrected chi connectivity index (χ0v) is 21.9. The fraction of sp³-hybridized carbons (Fsp3) is 0.520. The molecule has 1 aliphatic heterocycles. The number of thiocarbonyl (C=S) groups is 1. The van der Waals surface area contributed by atoms with E-state index < -0.39 is 34.1 Å². The molecule has 2 heterocycles. The van der Waals surface area contributed by atoms with Crippen molar-refractivity contribution < 1.29 is 40.7 Å². The summed E-state index contributed by atoms with van der Waals surface area (Å²) in [7, 11) is 0. The number of nitro benzene ring substituents is 1. The average molecular weight is 593 g/mol. The highest BCUT2D eigenvalue weighted by atomic mass is 32.1. The second-order valence-electron chi connectivity index (χ2n) is 9.53. The van der Waals surface area contributed by atoms with Crippen LogP contribution in [0.1, 0.15) is 36.8 Å². The number of anilines is 1. The number of benzene rings is 1. The van der Waals surface area contributed by atoms with Crippen LogP contribution in [0, 0.1) is 10.1 Å². The topological polar surface area (TPSA) is 81.0 Å². The molecule has 1 aliphatic carbocycles. The zero-order valence-electron chi connectivity index (χ0n) is 21.1. The lowest BCUT2D eigenvalue weighted by Gasteiger charge is -2.37. The second kappa shape index (κ2) is 12.1. The number of hydrogen-bond donors (Lipinski definition) is 0. The van der Waals surface area contributed by atoms with Crippen LogP contribution in [0.4, 0.5) is 37.8 Å². The molecule has 15 heteroatoms. The smallest absolute Gasteiger partial charge is 0.423 e. The molecule has 0 spiro atoms. The van der Waals surface area contributed by atoms with Gasteiger partial charge in [-0.05, 0) is 49.9 Å². The van der Waals surface area contributed by atoms with E-state index in [4.69, 9.17) is 21.7 Å². The number of rotatable bonds is 7. The normalized spacial score (nSPS) is 20.4. The molecule has 0 atom stereocenters. The molecule has 0 unspecified atom stereocenters. The summed E-state index contributed by atoms with van der Waals surface area (Å²) in [5, 5.41) is 10.9. The summed E-state index contributed by atoms with van der Waals surface area (Å²) in [5.41, 5.74) is -3.17. The van der Waals surface area contributed by atoms with Crippen molar-refractivity contribution >= 4 is 28.7 Å². The van der Waals surface area contributed by atoms with E-state index in [9.17, 15) is 36.5 Å². The van der Waals surface area contributed by atoms with Gasteiger partial charge in [-0.15, -0.1) is 0 Å². The molecule has 1 aromatic heterocycles. The van der Waals surface area contributed by atoms with E-state index in [1.54, 1.807) is 0 Å². The summed E-state index contributed by atoms with van der Waals surface area (Å²) in [6, 6.07) is 5.00. The Hall–Kier alpha value is -3.20. The van der Waals surface area contributed by atoms with E-state index in [1.807, 2.05) is 9.80 Å². The number of piperazine rings is 1. The largest absolute Gasteiger partial charge is 0.490 e. The Morgan fingerprint density at radius 2 is 1.62 bits per heavy atom. The van der Waals surface area contributed by atoms with Gasteiger partial charge < -0.3 is 19.3 Å². The SMILES string of the molecule is O=[N+]([O-])c1ccc(OC2CCC(OCC(=S)N3CCN(c4ccc(C(F)(F)F)cn4)CC3)CC2)cc1C(F)(F)F. The molecule has 218 valence electrons. The molecule has 2 aromatic rings. The van der Waals surface area contributed by atoms with Crippen molar-refractivity contribution in [3.8, 4) is 5.75 Å². The van der Waals surface area contributed by atoms with Crippen molar-refractivity contribution in [2.24, 2.45) is 0 Å². The van der Waals surface area contributed by atoms with Crippen molar-refractivity contribution in [2.75, 3.05) is 37.7 Å². The lowest BCUT2D eigenvalue weighted by molar-refractivity contribution is -0.388. The van der Waals surface area contributed by atoms with Crippen LogP contribution in [-0.4, -0.2) is 64.8 Å². The second-order valence-corrected chi connectivity index (χ2v) is 10.0. The highest BCUT2D eigenvalue weighted by molar-refractivity contribution is 7.80. The minimum Gasteiger partial charge on any atom is -0.490 e. The van der Waals surface area contributed by atoms with E-state index in [2.05, 4.69) is 4.98 Å². The van der Waals surface area contributed by atoms with Crippen molar-refractivity contribution in [1.29, 1.82) is 0 Å². The van der Waals surface area contributed by atoms with Gasteiger partial charge in [-0.1, -0.05) is 12.2 Å². The Balaban J connectivity index is 1.19. The molecule has 0 radical (unpaired) electrons. The summed E-state index contributed by atoms with van der Waals surface area (Å²) in [6.45, 7) is 2.45. The van der Waals surface area contributed by atoms with Crippen LogP contribution in [0.2, 0.25) is 0 Å². The number of alkyl halides is 6. The standard InChI is InChI=1S/C25H26F6N4O4S/c26-24(27,28)16-1-8-22(32-14-16)33-9-11-34(12-10-33)23(40)15-38-17-2-4-18(5-3-17)39-19-6-7-21(35(36)37)20(13-19)25(29,30)31/h1,6-8,13-14,17-18H,2-5,9-12,15H2. The Kier molecular flexibility index (Phi) is 9.02. The average Bonchev–Trinajstić information content (AvgIpc) is 2.91. The molecule has 1 aromatic carbocycles. The van der Waals surface area contributed by atoms with Gasteiger partial charge in [-0.2, -0.15) is 26.3 Å². The molecule has 0 bridgehead atoms. The molecule has 8 nitrogen and oxygen atoms in total. The first kappa shape index (κ1) is 29.8. The van der Waals surface area contributed by atoms with E-state index >= 15 is 0 Å². The van der Waals surface area contributed by atoms with E-state index in [0.717, 1.165) is 18.3 Å². The molecule has 4 rings (SSSR count). The molecular formula is C25H26F6N4O4S. The highest BCUT2D eigenvalue weighted by Gasteiger charge is 2.39. The monoisotopic (exact) mass is 592 g/mol. The summed E-state index contributed by atoms with van der Waals surface area (Å²) in [4.78, 5) is 18.3. The Morgan fingerprint density at radius 1 is 0.975 bits per heavy atom. The van der Waals surface area contributed by atoms with Gasteiger partial charge in [0, 0.05) is 38.4 Å². The van der Waals surface area contributed by atoms with Gasteiger partial charge in [-0.3, -0.25) is 10.1 Å². The van der Waals surface area contributed by atoms with Crippen LogP contribution in [0.3, 0.4) is 0 Å². The molecule has 1 saturated carbocycles. The molecule has 40 heavy (non-hydrogen) atoms. The first-order valence-corrected chi connectivity index (χ1v) is 12.9. The van der Waals surface area contributed by atoms with Gasteiger partial charge in [0.15, 0.2) is 0 Å². The summed E-state index contributed by atoms with van der Waals surface area (Å²) in [5.74, 6) is 0.395. The van der Waals surface area contributed by atoms with Crippen LogP contribution in [0.5, 0.6) is 5.75 Å². The van der Waals surface area contributed by atoms with Crippen LogP contribution < -0.4 is 9.64 Å². The predicted octanol–water partition coefficient (Wildman–Crippen LogP) is 5.88. The van der Waals surface area contributed by atoms with Gasteiger partial charge in [0.05, 0.1) is 29.3 Å². The van der Waals surface area contributed by atoms with Gasteiger partial charge in [-0.25, -0.2) is 4.98 Å². The zero-order chi connectivity index (χ0) is 29.1. The van der Waals surface area contributed by atoms with Crippen molar-refractivity contribution in [3.05, 3.63) is 57.8 Å².